The molecule has 0 bridgehead atoms. The Hall–Kier alpha value is -3.55. The summed E-state index contributed by atoms with van der Waals surface area (Å²) >= 11 is 0. The van der Waals surface area contributed by atoms with E-state index in [-0.39, 0.29) is 36.0 Å². The van der Waals surface area contributed by atoms with E-state index >= 15 is 0 Å². The molecule has 0 unspecified atom stereocenters. The maximum atomic E-state index is 13.8. The highest BCUT2D eigenvalue weighted by Crippen LogP contribution is 2.33. The smallest absolute Gasteiger partial charge is 0.260 e. The van der Waals surface area contributed by atoms with Gasteiger partial charge in [0, 0.05) is 30.8 Å². The summed E-state index contributed by atoms with van der Waals surface area (Å²) in [4.78, 5) is 22.9. The van der Waals surface area contributed by atoms with E-state index < -0.39 is 0 Å². The second-order valence-corrected chi connectivity index (χ2v) is 7.46. The lowest BCUT2D eigenvalue weighted by molar-refractivity contribution is -0.134. The molecule has 6 nitrogen and oxygen atoms in total. The van der Waals surface area contributed by atoms with E-state index in [2.05, 4.69) is 9.97 Å². The molecule has 1 fully saturated rings. The van der Waals surface area contributed by atoms with Crippen molar-refractivity contribution in [2.75, 3.05) is 25.4 Å². The number of rotatable bonds is 5. The fraction of sp³-hybridized carbons (Fsp3) is 0.261. The number of nitrogen functional groups attached to an aromatic ring is 1. The lowest BCUT2D eigenvalue weighted by atomic mass is 9.90. The van der Waals surface area contributed by atoms with Gasteiger partial charge in [-0.2, -0.15) is 0 Å². The fourth-order valence-corrected chi connectivity index (χ4v) is 3.79. The quantitative estimate of drug-likeness (QED) is 0.674. The Balaban J connectivity index is 1.50. The minimum absolute atomic E-state index is 0.0629. The standard InChI is InChI=1S/C23H22F2N4O2/c24-17-6-8-19(9-7-17)31-14-21(30)29-10-2-4-16(13-29)22-20(12-27-23(26)28-22)15-3-1-5-18(25)11-15/h1,3,5-9,11-12,16H,2,4,10,13-14H2,(H2,26,27,28)/t16-/m0/s1. The summed E-state index contributed by atoms with van der Waals surface area (Å²) in [6, 6.07) is 11.8. The summed E-state index contributed by atoms with van der Waals surface area (Å²) in [5, 5.41) is 0. The Kier molecular flexibility index (Phi) is 6.06. The molecule has 8 heteroatoms. The maximum Gasteiger partial charge on any atom is 0.260 e. The number of nitrogens with two attached hydrogens (primary N) is 1. The Morgan fingerprint density at radius 2 is 1.97 bits per heavy atom. The predicted molar refractivity (Wildman–Crippen MR) is 112 cm³/mol. The number of piperidine rings is 1. The molecule has 0 aliphatic carbocycles. The number of benzene rings is 2. The average molecular weight is 424 g/mol. The van der Waals surface area contributed by atoms with Crippen molar-refractivity contribution in [1.29, 1.82) is 0 Å². The van der Waals surface area contributed by atoms with Gasteiger partial charge >= 0.3 is 0 Å². The molecule has 3 aromatic rings. The highest BCUT2D eigenvalue weighted by molar-refractivity contribution is 5.78. The molecule has 1 aliphatic heterocycles. The number of hydrogen-bond donors (Lipinski definition) is 1. The van der Waals surface area contributed by atoms with Gasteiger partial charge < -0.3 is 15.4 Å². The van der Waals surface area contributed by atoms with Gasteiger partial charge in [0.25, 0.3) is 5.91 Å². The first-order chi connectivity index (χ1) is 15.0. The van der Waals surface area contributed by atoms with Crippen LogP contribution in [-0.2, 0) is 4.79 Å². The van der Waals surface area contributed by atoms with Crippen LogP contribution >= 0.6 is 0 Å². The Bertz CT molecular complexity index is 1080. The van der Waals surface area contributed by atoms with E-state index in [1.54, 1.807) is 23.2 Å². The van der Waals surface area contributed by atoms with Gasteiger partial charge in [0.05, 0.1) is 5.69 Å². The van der Waals surface area contributed by atoms with Crippen LogP contribution in [0.3, 0.4) is 0 Å². The van der Waals surface area contributed by atoms with Gasteiger partial charge in [0.2, 0.25) is 5.95 Å². The van der Waals surface area contributed by atoms with Crippen LogP contribution in [0.4, 0.5) is 14.7 Å². The Labute approximate surface area is 178 Å². The van der Waals surface area contributed by atoms with E-state index in [9.17, 15) is 13.6 Å². The molecular weight excluding hydrogens is 402 g/mol. The SMILES string of the molecule is Nc1ncc(-c2cccc(F)c2)c([C@H]2CCCN(C(=O)COc3ccc(F)cc3)C2)n1. The van der Waals surface area contributed by atoms with Crippen molar-refractivity contribution < 1.29 is 18.3 Å². The number of likely N-dealkylation sites (tertiary alicyclic amines) is 1. The topological polar surface area (TPSA) is 81.3 Å². The molecule has 1 atom stereocenters. The van der Waals surface area contributed by atoms with E-state index in [0.29, 0.717) is 35.7 Å². The van der Waals surface area contributed by atoms with Gasteiger partial charge in [-0.3, -0.25) is 4.79 Å². The molecule has 0 saturated carbocycles. The van der Waals surface area contributed by atoms with Crippen LogP contribution in [0.2, 0.25) is 0 Å². The molecule has 1 aromatic heterocycles. The third-order valence-electron chi connectivity index (χ3n) is 5.31. The second kappa shape index (κ2) is 9.07. The highest BCUT2D eigenvalue weighted by atomic mass is 19.1. The van der Waals surface area contributed by atoms with Gasteiger partial charge in [-0.15, -0.1) is 0 Å². The minimum atomic E-state index is -0.365. The van der Waals surface area contributed by atoms with Crippen LogP contribution in [0.5, 0.6) is 5.75 Å². The van der Waals surface area contributed by atoms with Gasteiger partial charge in [0.1, 0.15) is 17.4 Å². The maximum absolute atomic E-state index is 13.8. The molecule has 0 spiro atoms. The van der Waals surface area contributed by atoms with Crippen molar-refractivity contribution in [3.05, 3.63) is 72.1 Å². The molecule has 2 N–H and O–H groups in total. The molecule has 31 heavy (non-hydrogen) atoms. The van der Waals surface area contributed by atoms with E-state index in [1.807, 2.05) is 0 Å². The monoisotopic (exact) mass is 424 g/mol. The van der Waals surface area contributed by atoms with Gasteiger partial charge in [0.15, 0.2) is 6.61 Å². The third kappa shape index (κ3) is 4.96. The summed E-state index contributed by atoms with van der Waals surface area (Å²) in [6.07, 6.45) is 3.21. The number of anilines is 1. The van der Waals surface area contributed by atoms with Gasteiger partial charge in [-0.25, -0.2) is 18.7 Å². The number of carbonyl (C=O) groups is 1. The van der Waals surface area contributed by atoms with E-state index in [0.717, 1.165) is 12.8 Å². The van der Waals surface area contributed by atoms with Crippen LogP contribution in [0.25, 0.3) is 11.1 Å². The number of aromatic nitrogens is 2. The molecule has 2 aromatic carbocycles. The van der Waals surface area contributed by atoms with Crippen LogP contribution < -0.4 is 10.5 Å². The second-order valence-electron chi connectivity index (χ2n) is 7.46. The van der Waals surface area contributed by atoms with Gasteiger partial charge in [-0.1, -0.05) is 12.1 Å². The van der Waals surface area contributed by atoms with Crippen molar-refractivity contribution in [2.45, 2.75) is 18.8 Å². The molecule has 2 heterocycles. The zero-order valence-corrected chi connectivity index (χ0v) is 16.8. The lowest BCUT2D eigenvalue weighted by Crippen LogP contribution is -2.41. The summed E-state index contributed by atoms with van der Waals surface area (Å²) in [7, 11) is 0. The molecule has 1 aliphatic rings. The number of carbonyl (C=O) groups excluding carboxylic acids is 1. The molecule has 160 valence electrons. The highest BCUT2D eigenvalue weighted by Gasteiger charge is 2.28. The van der Waals surface area contributed by atoms with Crippen molar-refractivity contribution in [2.24, 2.45) is 0 Å². The number of halogens is 2. The number of ether oxygens (including phenoxy) is 1. The van der Waals surface area contributed by atoms with Crippen LogP contribution in [0.15, 0.2) is 54.7 Å². The Morgan fingerprint density at radius 1 is 1.16 bits per heavy atom. The van der Waals surface area contributed by atoms with Crippen molar-refractivity contribution in [1.82, 2.24) is 14.9 Å². The molecule has 1 amide bonds. The summed E-state index contributed by atoms with van der Waals surface area (Å²) in [5.74, 6) is -0.372. The number of hydrogen-bond acceptors (Lipinski definition) is 5. The van der Waals surface area contributed by atoms with Gasteiger partial charge in [-0.05, 0) is 54.8 Å². The largest absolute Gasteiger partial charge is 0.484 e. The fourth-order valence-electron chi connectivity index (χ4n) is 3.79. The summed E-state index contributed by atoms with van der Waals surface area (Å²) in [6.45, 7) is 0.920. The number of nitrogens with zero attached hydrogens (tertiary/aromatic N) is 3. The predicted octanol–water partition coefficient (Wildman–Crippen LogP) is 3.79. The molecular formula is C23H22F2N4O2. The average Bonchev–Trinajstić information content (AvgIpc) is 2.78. The first-order valence-electron chi connectivity index (χ1n) is 10.0. The molecule has 0 radical (unpaired) electrons. The first kappa shape index (κ1) is 20.7. The van der Waals surface area contributed by atoms with Crippen LogP contribution in [0.1, 0.15) is 24.5 Å². The van der Waals surface area contributed by atoms with Crippen molar-refractivity contribution >= 4 is 11.9 Å². The van der Waals surface area contributed by atoms with Crippen LogP contribution in [-0.4, -0.2) is 40.5 Å². The van der Waals surface area contributed by atoms with Crippen molar-refractivity contribution in [3.8, 4) is 16.9 Å². The zero-order chi connectivity index (χ0) is 21.8. The molecule has 1 saturated heterocycles. The normalized spacial score (nSPS) is 16.2. The number of amides is 1. The summed E-state index contributed by atoms with van der Waals surface area (Å²) in [5.41, 5.74) is 7.91. The van der Waals surface area contributed by atoms with E-state index in [4.69, 9.17) is 10.5 Å². The first-order valence-corrected chi connectivity index (χ1v) is 10.0. The zero-order valence-electron chi connectivity index (χ0n) is 16.8. The summed E-state index contributed by atoms with van der Waals surface area (Å²) < 4.78 is 32.3. The van der Waals surface area contributed by atoms with E-state index in [1.165, 1.54) is 36.4 Å². The van der Waals surface area contributed by atoms with Crippen molar-refractivity contribution in [3.63, 3.8) is 0 Å². The third-order valence-corrected chi connectivity index (χ3v) is 5.31. The van der Waals surface area contributed by atoms with Crippen LogP contribution in [0, 0.1) is 11.6 Å². The lowest BCUT2D eigenvalue weighted by Gasteiger charge is -2.33. The molecule has 4 rings (SSSR count). The Morgan fingerprint density at radius 3 is 2.74 bits per heavy atom. The minimum Gasteiger partial charge on any atom is -0.484 e.